The normalized spacial score (nSPS) is 12.1. The van der Waals surface area contributed by atoms with Gasteiger partial charge in [0.1, 0.15) is 13.2 Å². The fourth-order valence-electron chi connectivity index (χ4n) is 11.2. The summed E-state index contributed by atoms with van der Waals surface area (Å²) in [5.74, 6) is -0.844. The average molecular weight is 1130 g/mol. The summed E-state index contributed by atoms with van der Waals surface area (Å²) < 4.78 is 16.9. The number of rotatable bonds is 68. The maximum atomic E-state index is 12.9. The molecule has 1 unspecified atom stereocenters. The van der Waals surface area contributed by atoms with Gasteiger partial charge in [0.15, 0.2) is 6.10 Å². The smallest absolute Gasteiger partial charge is 0.306 e. The summed E-state index contributed by atoms with van der Waals surface area (Å²) in [6, 6.07) is 0. The quantitative estimate of drug-likeness (QED) is 0.0261. The maximum absolute atomic E-state index is 12.9. The Bertz CT molecular complexity index is 1290. The van der Waals surface area contributed by atoms with Gasteiger partial charge in [-0.1, -0.05) is 366 Å². The molecule has 1 atom stereocenters. The summed E-state index contributed by atoms with van der Waals surface area (Å²) >= 11 is 0. The van der Waals surface area contributed by atoms with Crippen molar-refractivity contribution in [2.24, 2.45) is 0 Å². The highest BCUT2D eigenvalue weighted by Gasteiger charge is 2.19. The number of carbonyl (C=O) groups excluding carboxylic acids is 3. The van der Waals surface area contributed by atoms with Gasteiger partial charge in [0.25, 0.3) is 0 Å². The molecule has 0 aromatic heterocycles. The average Bonchev–Trinajstić information content (AvgIpc) is 3.46. The Kier molecular flexibility index (Phi) is 67.6. The van der Waals surface area contributed by atoms with Crippen LogP contribution >= 0.6 is 0 Å². The van der Waals surface area contributed by atoms with Gasteiger partial charge in [0.2, 0.25) is 0 Å². The van der Waals surface area contributed by atoms with E-state index in [9.17, 15) is 14.4 Å². The van der Waals surface area contributed by atoms with Crippen molar-refractivity contribution in [1.29, 1.82) is 0 Å². The van der Waals surface area contributed by atoms with Crippen LogP contribution in [-0.4, -0.2) is 37.2 Å². The standard InChI is InChI=1S/C74H140O6/c1-4-7-10-13-16-19-22-24-26-28-30-31-32-33-34-35-36-37-38-39-40-41-42-43-45-46-48-50-52-55-58-61-64-67-73(76)79-70-71(69-78-72(75)66-63-60-57-54-21-18-15-12-9-6-3)80-74(77)68-65-62-59-56-53-51-49-47-44-29-27-25-23-20-17-14-11-8-5-2/h17,20,25,27,71H,4-16,18-19,21-24,26,28-70H2,1-3H3/b20-17-,27-25-. The van der Waals surface area contributed by atoms with Gasteiger partial charge in [-0.2, -0.15) is 0 Å². The number of unbranched alkanes of at least 4 members (excludes halogenated alkanes) is 53. The van der Waals surface area contributed by atoms with Gasteiger partial charge < -0.3 is 14.2 Å². The molecule has 80 heavy (non-hydrogen) atoms. The predicted molar refractivity (Wildman–Crippen MR) is 349 cm³/mol. The Balaban J connectivity index is 4.03. The van der Waals surface area contributed by atoms with E-state index in [-0.39, 0.29) is 31.1 Å². The minimum atomic E-state index is -0.770. The van der Waals surface area contributed by atoms with E-state index in [1.807, 2.05) is 0 Å². The number of carbonyl (C=O) groups is 3. The molecular formula is C74H140O6. The Hall–Kier alpha value is -2.11. The molecule has 0 saturated carbocycles. The number of ether oxygens (including phenoxy) is 3. The zero-order valence-corrected chi connectivity index (χ0v) is 54.4. The van der Waals surface area contributed by atoms with Gasteiger partial charge in [0.05, 0.1) is 0 Å². The summed E-state index contributed by atoms with van der Waals surface area (Å²) in [6.07, 6.45) is 85.3. The topological polar surface area (TPSA) is 78.9 Å². The van der Waals surface area contributed by atoms with E-state index in [4.69, 9.17) is 14.2 Å². The van der Waals surface area contributed by atoms with Gasteiger partial charge in [-0.05, 0) is 51.4 Å². The van der Waals surface area contributed by atoms with Crippen molar-refractivity contribution < 1.29 is 28.6 Å². The molecule has 0 aromatic carbocycles. The van der Waals surface area contributed by atoms with Crippen LogP contribution in [0.1, 0.15) is 412 Å². The fourth-order valence-corrected chi connectivity index (χ4v) is 11.2. The fraction of sp³-hybridized carbons (Fsp3) is 0.905. The Morgan fingerprint density at radius 2 is 0.450 bits per heavy atom. The lowest BCUT2D eigenvalue weighted by molar-refractivity contribution is -0.167. The van der Waals surface area contributed by atoms with E-state index < -0.39 is 6.10 Å². The number of hydrogen-bond acceptors (Lipinski definition) is 6. The zero-order chi connectivity index (χ0) is 57.8. The lowest BCUT2D eigenvalue weighted by atomic mass is 10.0. The SMILES string of the molecule is CCCCC/C=C\C/C=C\CCCCCCCCCCCC(=O)OC(COC(=O)CCCCCCCCCCCC)COC(=O)CCCCCCCCCCCCCCCCCCCCCCCCCCCCCCCCCCC. The molecule has 0 fully saturated rings. The van der Waals surface area contributed by atoms with Gasteiger partial charge in [-0.15, -0.1) is 0 Å². The van der Waals surface area contributed by atoms with Crippen molar-refractivity contribution in [3.05, 3.63) is 24.3 Å². The predicted octanol–water partition coefficient (Wildman–Crippen LogP) is 25.0. The van der Waals surface area contributed by atoms with Crippen LogP contribution in [0.5, 0.6) is 0 Å². The highest BCUT2D eigenvalue weighted by Crippen LogP contribution is 2.19. The molecular weight excluding hydrogens is 985 g/mol. The van der Waals surface area contributed by atoms with Crippen molar-refractivity contribution in [2.45, 2.75) is 419 Å². The first-order valence-electron chi connectivity index (χ1n) is 36.3. The van der Waals surface area contributed by atoms with Crippen molar-refractivity contribution in [1.82, 2.24) is 0 Å². The van der Waals surface area contributed by atoms with Crippen molar-refractivity contribution in [3.63, 3.8) is 0 Å². The van der Waals surface area contributed by atoms with Gasteiger partial charge in [0, 0.05) is 19.3 Å². The van der Waals surface area contributed by atoms with Crippen LogP contribution in [0, 0.1) is 0 Å². The molecule has 0 radical (unpaired) electrons. The summed E-state index contributed by atoms with van der Waals surface area (Å²) in [5, 5.41) is 0. The Morgan fingerprint density at radius 3 is 0.713 bits per heavy atom. The summed E-state index contributed by atoms with van der Waals surface area (Å²) in [4.78, 5) is 38.3. The van der Waals surface area contributed by atoms with Crippen LogP contribution in [0.15, 0.2) is 24.3 Å². The third kappa shape index (κ3) is 66.7. The first kappa shape index (κ1) is 77.9. The molecule has 0 N–H and O–H groups in total. The number of esters is 3. The molecule has 472 valence electrons. The minimum absolute atomic E-state index is 0.0669. The summed E-state index contributed by atoms with van der Waals surface area (Å²) in [5.41, 5.74) is 0. The van der Waals surface area contributed by atoms with Crippen molar-refractivity contribution in [3.8, 4) is 0 Å². The van der Waals surface area contributed by atoms with E-state index in [1.165, 1.54) is 308 Å². The Morgan fingerprint density at radius 1 is 0.250 bits per heavy atom. The molecule has 0 amide bonds. The molecule has 0 spiro atoms. The maximum Gasteiger partial charge on any atom is 0.306 e. The first-order chi connectivity index (χ1) is 39.5. The summed E-state index contributed by atoms with van der Waals surface area (Å²) in [7, 11) is 0. The van der Waals surface area contributed by atoms with Crippen LogP contribution in [0.3, 0.4) is 0 Å². The van der Waals surface area contributed by atoms with E-state index in [0.717, 1.165) is 64.2 Å². The van der Waals surface area contributed by atoms with Crippen molar-refractivity contribution >= 4 is 17.9 Å². The largest absolute Gasteiger partial charge is 0.462 e. The first-order valence-corrected chi connectivity index (χ1v) is 36.3. The van der Waals surface area contributed by atoms with Crippen LogP contribution in [0.25, 0.3) is 0 Å². The van der Waals surface area contributed by atoms with Crippen molar-refractivity contribution in [2.75, 3.05) is 13.2 Å². The second kappa shape index (κ2) is 69.4. The molecule has 0 bridgehead atoms. The van der Waals surface area contributed by atoms with Gasteiger partial charge >= 0.3 is 17.9 Å². The van der Waals surface area contributed by atoms with E-state index in [0.29, 0.717) is 19.3 Å². The molecule has 0 saturated heterocycles. The monoisotopic (exact) mass is 1130 g/mol. The molecule has 0 aliphatic heterocycles. The Labute approximate surface area is 500 Å². The highest BCUT2D eigenvalue weighted by atomic mass is 16.6. The molecule has 0 aliphatic carbocycles. The van der Waals surface area contributed by atoms with Gasteiger partial charge in [-0.3, -0.25) is 14.4 Å². The second-order valence-corrected chi connectivity index (χ2v) is 24.9. The van der Waals surface area contributed by atoms with Crippen LogP contribution in [-0.2, 0) is 28.6 Å². The van der Waals surface area contributed by atoms with E-state index >= 15 is 0 Å². The van der Waals surface area contributed by atoms with Crippen LogP contribution < -0.4 is 0 Å². The lowest BCUT2D eigenvalue weighted by Gasteiger charge is -2.18. The summed E-state index contributed by atoms with van der Waals surface area (Å²) in [6.45, 7) is 6.68. The second-order valence-electron chi connectivity index (χ2n) is 24.9. The molecule has 0 rings (SSSR count). The highest BCUT2D eigenvalue weighted by molar-refractivity contribution is 5.71. The minimum Gasteiger partial charge on any atom is -0.462 e. The lowest BCUT2D eigenvalue weighted by Crippen LogP contribution is -2.30. The third-order valence-electron chi connectivity index (χ3n) is 16.7. The number of allylic oxidation sites excluding steroid dienone is 4. The molecule has 0 aliphatic rings. The molecule has 6 heteroatoms. The third-order valence-corrected chi connectivity index (χ3v) is 16.7. The van der Waals surface area contributed by atoms with E-state index in [1.54, 1.807) is 0 Å². The zero-order valence-electron chi connectivity index (χ0n) is 54.4. The molecule has 0 aromatic rings. The van der Waals surface area contributed by atoms with E-state index in [2.05, 4.69) is 45.1 Å². The van der Waals surface area contributed by atoms with Crippen LogP contribution in [0.4, 0.5) is 0 Å². The molecule has 6 nitrogen and oxygen atoms in total. The number of hydrogen-bond donors (Lipinski definition) is 0. The van der Waals surface area contributed by atoms with Crippen LogP contribution in [0.2, 0.25) is 0 Å². The molecule has 0 heterocycles. The van der Waals surface area contributed by atoms with Gasteiger partial charge in [-0.25, -0.2) is 0 Å².